The molecule has 0 aliphatic carbocycles. The standard InChI is InChI=1S/C27H36N2O5Si/c1-18(30)33-25-24(21-15-20(17-28)9-10-22(21)34-27(25,5)6)29-13-11-19(16-23(29)31)12-14-32-35(7,8)26(2,3)4/h9-11,13,15-16,24-25H,12,14H2,1-8H3/t24-,25+/m1/s1. The van der Waals surface area contributed by atoms with E-state index in [1.165, 1.54) is 6.92 Å². The van der Waals surface area contributed by atoms with Crippen molar-refractivity contribution >= 4 is 14.3 Å². The van der Waals surface area contributed by atoms with Gasteiger partial charge in [0.25, 0.3) is 5.56 Å². The molecule has 8 heteroatoms. The molecule has 0 radical (unpaired) electrons. The molecule has 0 fully saturated rings. The van der Waals surface area contributed by atoms with Crippen molar-refractivity contribution in [2.75, 3.05) is 6.61 Å². The SMILES string of the molecule is CC(=O)O[C@H]1[C@H](n2ccc(CCO[Si](C)(C)C(C)(C)C)cc2=O)c2cc(C#N)ccc2OC1(C)C. The zero-order chi connectivity index (χ0) is 26.2. The summed E-state index contributed by atoms with van der Waals surface area (Å²) in [5.74, 6) is 0.0881. The summed E-state index contributed by atoms with van der Waals surface area (Å²) in [5, 5.41) is 9.56. The molecule has 1 aromatic carbocycles. The van der Waals surface area contributed by atoms with Gasteiger partial charge in [-0.3, -0.25) is 9.59 Å². The largest absolute Gasteiger partial charge is 0.484 e. The summed E-state index contributed by atoms with van der Waals surface area (Å²) in [6.07, 6.45) is 1.59. The van der Waals surface area contributed by atoms with Crippen LogP contribution in [0.25, 0.3) is 0 Å². The van der Waals surface area contributed by atoms with Crippen LogP contribution >= 0.6 is 0 Å². The van der Waals surface area contributed by atoms with Gasteiger partial charge in [0.1, 0.15) is 17.4 Å². The second-order valence-corrected chi connectivity index (χ2v) is 16.0. The van der Waals surface area contributed by atoms with Gasteiger partial charge in [0.05, 0.1) is 11.6 Å². The van der Waals surface area contributed by atoms with Crippen molar-refractivity contribution < 1.29 is 18.7 Å². The number of benzene rings is 1. The van der Waals surface area contributed by atoms with Crippen LogP contribution in [0.15, 0.2) is 41.3 Å². The van der Waals surface area contributed by atoms with Gasteiger partial charge in [0.15, 0.2) is 14.4 Å². The maximum absolute atomic E-state index is 13.3. The molecule has 0 amide bonds. The van der Waals surface area contributed by atoms with Crippen LogP contribution in [0.5, 0.6) is 5.75 Å². The van der Waals surface area contributed by atoms with Crippen LogP contribution in [0.4, 0.5) is 0 Å². The summed E-state index contributed by atoms with van der Waals surface area (Å²) >= 11 is 0. The fraction of sp³-hybridized carbons (Fsp3) is 0.519. The molecule has 0 bridgehead atoms. The fourth-order valence-corrected chi connectivity index (χ4v) is 5.11. The molecular formula is C27H36N2O5Si. The molecule has 0 unspecified atom stereocenters. The number of esters is 1. The number of fused-ring (bicyclic) bond motifs is 1. The molecule has 2 heterocycles. The highest BCUT2D eigenvalue weighted by Gasteiger charge is 2.47. The second kappa shape index (κ2) is 9.63. The first-order chi connectivity index (χ1) is 16.2. The van der Waals surface area contributed by atoms with E-state index in [4.69, 9.17) is 13.9 Å². The summed E-state index contributed by atoms with van der Waals surface area (Å²) < 4.78 is 19.7. The lowest BCUT2D eigenvalue weighted by atomic mass is 9.85. The zero-order valence-electron chi connectivity index (χ0n) is 22.0. The third kappa shape index (κ3) is 5.68. The lowest BCUT2D eigenvalue weighted by Gasteiger charge is -2.44. The quantitative estimate of drug-likeness (QED) is 0.414. The van der Waals surface area contributed by atoms with Crippen LogP contribution in [0.1, 0.15) is 64.3 Å². The van der Waals surface area contributed by atoms with Gasteiger partial charge in [-0.05, 0) is 68.2 Å². The van der Waals surface area contributed by atoms with E-state index in [0.717, 1.165) is 5.56 Å². The third-order valence-electron chi connectivity index (χ3n) is 7.07. The summed E-state index contributed by atoms with van der Waals surface area (Å²) in [7, 11) is -1.87. The fourth-order valence-electron chi connectivity index (χ4n) is 4.06. The van der Waals surface area contributed by atoms with E-state index in [-0.39, 0.29) is 10.6 Å². The molecule has 7 nitrogen and oxygen atoms in total. The molecule has 0 spiro atoms. The van der Waals surface area contributed by atoms with Gasteiger partial charge < -0.3 is 18.5 Å². The highest BCUT2D eigenvalue weighted by Crippen LogP contribution is 2.43. The van der Waals surface area contributed by atoms with Crippen molar-refractivity contribution in [3.63, 3.8) is 0 Å². The Morgan fingerprint density at radius 3 is 2.49 bits per heavy atom. The Morgan fingerprint density at radius 1 is 1.23 bits per heavy atom. The molecule has 3 rings (SSSR count). The number of hydrogen-bond donors (Lipinski definition) is 0. The van der Waals surface area contributed by atoms with Crippen LogP contribution < -0.4 is 10.3 Å². The van der Waals surface area contributed by atoms with Gasteiger partial charge >= 0.3 is 5.97 Å². The van der Waals surface area contributed by atoms with Crippen molar-refractivity contribution in [1.82, 2.24) is 4.57 Å². The number of carbonyl (C=O) groups is 1. The average molecular weight is 497 g/mol. The minimum absolute atomic E-state index is 0.119. The van der Waals surface area contributed by atoms with Crippen molar-refractivity contribution in [2.45, 2.75) is 83.8 Å². The smallest absolute Gasteiger partial charge is 0.303 e. The van der Waals surface area contributed by atoms with E-state index in [1.807, 2.05) is 19.9 Å². The van der Waals surface area contributed by atoms with Crippen molar-refractivity contribution in [2.24, 2.45) is 0 Å². The Bertz CT molecular complexity index is 1200. The van der Waals surface area contributed by atoms with Crippen molar-refractivity contribution in [1.29, 1.82) is 5.26 Å². The molecule has 1 aliphatic heterocycles. The normalized spacial score (nSPS) is 19.3. The predicted molar refractivity (Wildman–Crippen MR) is 137 cm³/mol. The first-order valence-electron chi connectivity index (χ1n) is 11.9. The number of rotatable bonds is 6. The zero-order valence-corrected chi connectivity index (χ0v) is 23.0. The van der Waals surface area contributed by atoms with Crippen LogP contribution in [0.2, 0.25) is 18.1 Å². The number of pyridine rings is 1. The minimum atomic E-state index is -1.87. The Morgan fingerprint density at radius 2 is 1.91 bits per heavy atom. The number of hydrogen-bond acceptors (Lipinski definition) is 6. The van der Waals surface area contributed by atoms with E-state index < -0.39 is 32.0 Å². The molecule has 0 saturated carbocycles. The number of nitrogens with zero attached hydrogens (tertiary/aromatic N) is 2. The van der Waals surface area contributed by atoms with Crippen LogP contribution in [0.3, 0.4) is 0 Å². The number of carbonyl (C=O) groups excluding carboxylic acids is 1. The van der Waals surface area contributed by atoms with Crippen LogP contribution in [0, 0.1) is 11.3 Å². The van der Waals surface area contributed by atoms with E-state index in [9.17, 15) is 14.9 Å². The molecule has 2 aromatic rings. The summed E-state index contributed by atoms with van der Waals surface area (Å²) in [4.78, 5) is 25.3. The predicted octanol–water partition coefficient (Wildman–Crippen LogP) is 4.98. The second-order valence-electron chi connectivity index (χ2n) is 11.2. The molecule has 0 saturated heterocycles. The van der Waals surface area contributed by atoms with E-state index in [1.54, 1.807) is 35.0 Å². The molecule has 1 aliphatic rings. The molecule has 2 atom stereocenters. The Balaban J connectivity index is 1.98. The average Bonchev–Trinajstić information content (AvgIpc) is 2.73. The minimum Gasteiger partial charge on any atom is -0.484 e. The van der Waals surface area contributed by atoms with Gasteiger partial charge in [0, 0.05) is 31.4 Å². The topological polar surface area (TPSA) is 90.5 Å². The number of aromatic nitrogens is 1. The molecule has 1 aromatic heterocycles. The molecule has 35 heavy (non-hydrogen) atoms. The van der Waals surface area contributed by atoms with Gasteiger partial charge in [-0.25, -0.2) is 0 Å². The summed E-state index contributed by atoms with van der Waals surface area (Å²) in [5.41, 5.74) is 0.832. The van der Waals surface area contributed by atoms with E-state index in [2.05, 4.69) is 39.9 Å². The first-order valence-corrected chi connectivity index (χ1v) is 14.8. The summed E-state index contributed by atoms with van der Waals surface area (Å²) in [6.45, 7) is 16.6. The van der Waals surface area contributed by atoms with Crippen LogP contribution in [-0.2, 0) is 20.4 Å². The van der Waals surface area contributed by atoms with Gasteiger partial charge in [0.2, 0.25) is 0 Å². The number of nitriles is 1. The van der Waals surface area contributed by atoms with Crippen molar-refractivity contribution in [3.8, 4) is 11.8 Å². The highest BCUT2D eigenvalue weighted by molar-refractivity contribution is 6.74. The van der Waals surface area contributed by atoms with E-state index in [0.29, 0.717) is 29.9 Å². The first kappa shape index (κ1) is 26.7. The Hall–Kier alpha value is -2.89. The van der Waals surface area contributed by atoms with Crippen molar-refractivity contribution in [3.05, 3.63) is 63.6 Å². The van der Waals surface area contributed by atoms with Gasteiger partial charge in [-0.15, -0.1) is 0 Å². The highest BCUT2D eigenvalue weighted by atomic mass is 28.4. The van der Waals surface area contributed by atoms with Gasteiger partial charge in [-0.2, -0.15) is 5.26 Å². The monoisotopic (exact) mass is 496 g/mol. The maximum atomic E-state index is 13.3. The molecule has 0 N–H and O–H groups in total. The third-order valence-corrected chi connectivity index (χ3v) is 11.6. The lowest BCUT2D eigenvalue weighted by Crippen LogP contribution is -2.54. The Kier molecular flexibility index (Phi) is 7.35. The summed E-state index contributed by atoms with van der Waals surface area (Å²) in [6, 6.07) is 10.1. The van der Waals surface area contributed by atoms with Gasteiger partial charge in [-0.1, -0.05) is 20.8 Å². The van der Waals surface area contributed by atoms with E-state index >= 15 is 0 Å². The Labute approximate surface area is 208 Å². The lowest BCUT2D eigenvalue weighted by molar-refractivity contribution is -0.163. The number of ether oxygens (including phenoxy) is 2. The van der Waals surface area contributed by atoms with Crippen LogP contribution in [-0.4, -0.2) is 37.2 Å². The maximum Gasteiger partial charge on any atom is 0.303 e. The molecule has 188 valence electrons. The molecular weight excluding hydrogens is 460 g/mol.